The molecule has 1 aromatic rings. The van der Waals surface area contributed by atoms with Gasteiger partial charge in [0.1, 0.15) is 17.6 Å². The molecule has 1 heterocycles. The Hall–Kier alpha value is -3.06. The normalized spacial score (nSPS) is 19.0. The maximum atomic E-state index is 12.5. The molecule has 7 heteroatoms. The molecule has 0 saturated carbocycles. The molecule has 0 fully saturated rings. The molecule has 0 saturated heterocycles. The second-order valence-electron chi connectivity index (χ2n) is 8.80. The Labute approximate surface area is 207 Å². The first-order valence-corrected chi connectivity index (χ1v) is 12.4. The van der Waals surface area contributed by atoms with Crippen molar-refractivity contribution in [1.82, 2.24) is 0 Å². The molecule has 2 atom stereocenters. The van der Waals surface area contributed by atoms with Gasteiger partial charge in [0, 0.05) is 18.4 Å². The largest absolute Gasteiger partial charge is 0.507 e. The van der Waals surface area contributed by atoms with Crippen molar-refractivity contribution in [2.45, 2.75) is 71.5 Å². The lowest BCUT2D eigenvalue weighted by Crippen LogP contribution is -2.30. The van der Waals surface area contributed by atoms with Crippen LogP contribution < -0.4 is 4.74 Å². The van der Waals surface area contributed by atoms with Gasteiger partial charge in [-0.05, 0) is 55.2 Å². The van der Waals surface area contributed by atoms with Gasteiger partial charge < -0.3 is 24.1 Å². The highest BCUT2D eigenvalue weighted by molar-refractivity contribution is 5.97. The number of esters is 1. The molecule has 0 spiro atoms. The minimum atomic E-state index is -0.402. The smallest absolute Gasteiger partial charge is 0.336 e. The van der Waals surface area contributed by atoms with Crippen molar-refractivity contribution in [3.63, 3.8) is 0 Å². The topological polar surface area (TPSA) is 91.3 Å². The van der Waals surface area contributed by atoms with E-state index < -0.39 is 12.1 Å². The number of aromatic hydroxyl groups is 1. The van der Waals surface area contributed by atoms with Gasteiger partial charge in [-0.15, -0.1) is 0 Å². The molecule has 0 bridgehead atoms. The highest BCUT2D eigenvalue weighted by Gasteiger charge is 2.32. The number of Topliss-reactive ketones (excluding diaryl/α,β-unsaturated/α-hetero) is 1. The van der Waals surface area contributed by atoms with Crippen molar-refractivity contribution in [2.75, 3.05) is 20.3 Å². The second kappa shape index (κ2) is 12.6. The summed E-state index contributed by atoms with van der Waals surface area (Å²) in [4.78, 5) is 24.2. The van der Waals surface area contributed by atoms with Crippen LogP contribution in [0.25, 0.3) is 0 Å². The molecule has 0 radical (unpaired) electrons. The third kappa shape index (κ3) is 6.34. The Morgan fingerprint density at radius 2 is 1.97 bits per heavy atom. The number of hydrogen-bond acceptors (Lipinski definition) is 7. The van der Waals surface area contributed by atoms with Gasteiger partial charge in [-0.2, -0.15) is 0 Å². The summed E-state index contributed by atoms with van der Waals surface area (Å²) >= 11 is 0. The minimum Gasteiger partial charge on any atom is -0.507 e. The fraction of sp³-hybridized carbons (Fsp3) is 0.500. The van der Waals surface area contributed by atoms with Crippen LogP contribution in [-0.4, -0.2) is 49.4 Å². The van der Waals surface area contributed by atoms with E-state index in [1.54, 1.807) is 18.4 Å². The van der Waals surface area contributed by atoms with Crippen LogP contribution in [0.3, 0.4) is 0 Å². The molecule has 1 aliphatic heterocycles. The highest BCUT2D eigenvalue weighted by Crippen LogP contribution is 2.35. The first-order valence-electron chi connectivity index (χ1n) is 12.4. The molecule has 2 unspecified atom stereocenters. The van der Waals surface area contributed by atoms with Crippen molar-refractivity contribution >= 4 is 11.8 Å². The van der Waals surface area contributed by atoms with Crippen molar-refractivity contribution in [3.8, 4) is 11.5 Å². The van der Waals surface area contributed by atoms with Crippen molar-refractivity contribution in [2.24, 2.45) is 0 Å². The maximum absolute atomic E-state index is 12.5. The maximum Gasteiger partial charge on any atom is 0.336 e. The Morgan fingerprint density at radius 3 is 2.66 bits per heavy atom. The van der Waals surface area contributed by atoms with E-state index >= 15 is 0 Å². The van der Waals surface area contributed by atoms with E-state index in [-0.39, 0.29) is 17.6 Å². The molecule has 3 rings (SSSR count). The fourth-order valence-electron chi connectivity index (χ4n) is 4.47. The average Bonchev–Trinajstić information content (AvgIpc) is 2.85. The number of benzene rings is 1. The molecule has 7 nitrogen and oxygen atoms in total. The summed E-state index contributed by atoms with van der Waals surface area (Å²) in [6, 6.07) is 3.33. The summed E-state index contributed by atoms with van der Waals surface area (Å²) in [6.45, 7) is 6.31. The van der Waals surface area contributed by atoms with Gasteiger partial charge in [0.2, 0.25) is 0 Å². The van der Waals surface area contributed by atoms with E-state index in [4.69, 9.17) is 18.9 Å². The van der Waals surface area contributed by atoms with Crippen LogP contribution in [0.2, 0.25) is 0 Å². The van der Waals surface area contributed by atoms with Crippen molar-refractivity contribution in [1.29, 1.82) is 0 Å². The number of methoxy groups -OCH3 is 1. The quantitative estimate of drug-likeness (QED) is 0.247. The fourth-order valence-corrected chi connectivity index (χ4v) is 4.47. The lowest BCUT2D eigenvalue weighted by Gasteiger charge is -2.31. The number of carbonyl (C=O) groups excluding carboxylic acids is 2. The van der Waals surface area contributed by atoms with Crippen LogP contribution in [0.1, 0.15) is 68.8 Å². The molecular formula is C28H36O7. The van der Waals surface area contributed by atoms with Crippen LogP contribution in [0.5, 0.6) is 11.5 Å². The molecule has 35 heavy (non-hydrogen) atoms. The van der Waals surface area contributed by atoms with Crippen LogP contribution >= 0.6 is 0 Å². The zero-order chi connectivity index (χ0) is 25.4. The molecule has 1 aliphatic carbocycles. The number of carbonyl (C=O) groups is 2. The Kier molecular flexibility index (Phi) is 9.55. The second-order valence-corrected chi connectivity index (χ2v) is 8.80. The number of phenolic OH excluding ortho intramolecular Hbond substituents is 1. The molecule has 2 aliphatic rings. The van der Waals surface area contributed by atoms with E-state index in [9.17, 15) is 14.7 Å². The first kappa shape index (κ1) is 26.5. The SMILES string of the molecule is CCCc1c(OCCCOC2CC3=C(C=C2C(=O)OC)C(CCC)OC=C3)ccc(C(C)=O)c1O. The third-order valence-electron chi connectivity index (χ3n) is 6.25. The number of allylic oxidation sites excluding steroid dienone is 1. The van der Waals surface area contributed by atoms with Crippen LogP contribution in [0, 0.1) is 0 Å². The number of ether oxygens (including phenoxy) is 4. The van der Waals surface area contributed by atoms with Gasteiger partial charge in [-0.3, -0.25) is 4.79 Å². The molecular weight excluding hydrogens is 448 g/mol. The van der Waals surface area contributed by atoms with E-state index in [2.05, 4.69) is 6.92 Å². The minimum absolute atomic E-state index is 0.00173. The number of ketones is 1. The van der Waals surface area contributed by atoms with Gasteiger partial charge >= 0.3 is 5.97 Å². The summed E-state index contributed by atoms with van der Waals surface area (Å²) < 4.78 is 22.8. The Bertz CT molecular complexity index is 1020. The zero-order valence-corrected chi connectivity index (χ0v) is 21.1. The monoisotopic (exact) mass is 484 g/mol. The number of phenols is 1. The number of hydrogen-bond donors (Lipinski definition) is 1. The molecule has 1 N–H and O–H groups in total. The van der Waals surface area contributed by atoms with Gasteiger partial charge in [0.05, 0.1) is 43.8 Å². The summed E-state index contributed by atoms with van der Waals surface area (Å²) in [5.74, 6) is -0.00217. The van der Waals surface area contributed by atoms with Crippen LogP contribution in [0.15, 0.2) is 47.3 Å². The van der Waals surface area contributed by atoms with Crippen LogP contribution in [-0.2, 0) is 25.4 Å². The summed E-state index contributed by atoms with van der Waals surface area (Å²) in [5.41, 5.74) is 3.60. The molecule has 0 amide bonds. The predicted octanol–water partition coefficient (Wildman–Crippen LogP) is 5.21. The summed E-state index contributed by atoms with van der Waals surface area (Å²) in [7, 11) is 1.37. The van der Waals surface area contributed by atoms with Crippen LogP contribution in [0.4, 0.5) is 0 Å². The van der Waals surface area contributed by atoms with E-state index in [1.807, 2.05) is 19.1 Å². The molecule has 1 aromatic carbocycles. The molecule has 190 valence electrons. The summed E-state index contributed by atoms with van der Waals surface area (Å²) in [5, 5.41) is 10.5. The summed E-state index contributed by atoms with van der Waals surface area (Å²) in [6.07, 6.45) is 9.53. The van der Waals surface area contributed by atoms with Crippen molar-refractivity contribution < 1.29 is 33.6 Å². The van der Waals surface area contributed by atoms with Gasteiger partial charge in [0.15, 0.2) is 5.78 Å². The zero-order valence-electron chi connectivity index (χ0n) is 21.1. The lowest BCUT2D eigenvalue weighted by atomic mass is 9.85. The van der Waals surface area contributed by atoms with E-state index in [0.717, 1.165) is 30.4 Å². The third-order valence-corrected chi connectivity index (χ3v) is 6.25. The van der Waals surface area contributed by atoms with Gasteiger partial charge in [-0.25, -0.2) is 4.79 Å². The van der Waals surface area contributed by atoms with E-state index in [0.29, 0.717) is 54.9 Å². The standard InChI is InChI=1S/C28H36O7/c1-5-8-21-25(11-10-20(18(3)29)27(21)30)33-13-7-14-34-26-16-19-12-15-35-24(9-6-2)22(19)17-23(26)28(31)32-4/h10-12,15,17,24,26,30H,5-9,13-14,16H2,1-4H3. The van der Waals surface area contributed by atoms with Crippen molar-refractivity contribution in [3.05, 3.63) is 58.4 Å². The average molecular weight is 485 g/mol. The molecule has 0 aromatic heterocycles. The Morgan fingerprint density at radius 1 is 1.17 bits per heavy atom. The predicted molar refractivity (Wildman–Crippen MR) is 133 cm³/mol. The lowest BCUT2D eigenvalue weighted by molar-refractivity contribution is -0.137. The van der Waals surface area contributed by atoms with E-state index in [1.165, 1.54) is 14.0 Å². The number of rotatable bonds is 12. The van der Waals surface area contributed by atoms with Gasteiger partial charge in [0.25, 0.3) is 0 Å². The highest BCUT2D eigenvalue weighted by atomic mass is 16.5. The first-order chi connectivity index (χ1) is 16.9. The Balaban J connectivity index is 1.61. The van der Waals surface area contributed by atoms with Gasteiger partial charge in [-0.1, -0.05) is 26.7 Å².